The third-order valence-electron chi connectivity index (χ3n) is 1.65. The zero-order chi connectivity index (χ0) is 9.14. The lowest BCUT2D eigenvalue weighted by Crippen LogP contribution is -2.01. The Balaban J connectivity index is 2.87. The summed E-state index contributed by atoms with van der Waals surface area (Å²) in [6.45, 7) is 2.01. The van der Waals surface area contributed by atoms with E-state index in [4.69, 9.17) is 10.8 Å². The highest BCUT2D eigenvalue weighted by Crippen LogP contribution is 2.25. The van der Waals surface area contributed by atoms with Gasteiger partial charge in [-0.2, -0.15) is 0 Å². The SMILES string of the molecule is CCc1scc(CC(=O)O)c1N. The van der Waals surface area contributed by atoms with Gasteiger partial charge in [-0.3, -0.25) is 4.79 Å². The maximum atomic E-state index is 10.4. The molecule has 0 aromatic carbocycles. The molecule has 0 amide bonds. The van der Waals surface area contributed by atoms with E-state index >= 15 is 0 Å². The summed E-state index contributed by atoms with van der Waals surface area (Å²) in [6, 6.07) is 0. The second kappa shape index (κ2) is 3.58. The molecule has 0 spiro atoms. The number of aryl methyl sites for hydroxylation is 1. The van der Waals surface area contributed by atoms with Crippen molar-refractivity contribution in [3.8, 4) is 0 Å². The number of rotatable bonds is 3. The van der Waals surface area contributed by atoms with Gasteiger partial charge in [0.15, 0.2) is 0 Å². The number of hydrogen-bond acceptors (Lipinski definition) is 3. The van der Waals surface area contributed by atoms with Crippen LogP contribution in [0.3, 0.4) is 0 Å². The fourth-order valence-electron chi connectivity index (χ4n) is 1.02. The smallest absolute Gasteiger partial charge is 0.307 e. The molecular formula is C8H11NO2S. The van der Waals surface area contributed by atoms with Crippen molar-refractivity contribution < 1.29 is 9.90 Å². The molecule has 3 N–H and O–H groups in total. The first-order valence-corrected chi connectivity index (χ1v) is 4.59. The number of carboxylic acids is 1. The molecule has 4 heteroatoms. The monoisotopic (exact) mass is 185 g/mol. The molecule has 66 valence electrons. The quantitative estimate of drug-likeness (QED) is 0.750. The molecule has 1 aromatic heterocycles. The predicted molar refractivity (Wildman–Crippen MR) is 49.4 cm³/mol. The average Bonchev–Trinajstić information content (AvgIpc) is 2.32. The fourth-order valence-corrected chi connectivity index (χ4v) is 1.94. The van der Waals surface area contributed by atoms with Crippen molar-refractivity contribution in [2.75, 3.05) is 5.73 Å². The molecule has 1 heterocycles. The Morgan fingerprint density at radius 3 is 2.83 bits per heavy atom. The van der Waals surface area contributed by atoms with Crippen LogP contribution in [0.1, 0.15) is 17.4 Å². The van der Waals surface area contributed by atoms with E-state index in [1.165, 1.54) is 11.3 Å². The number of aliphatic carboxylic acids is 1. The fraction of sp³-hybridized carbons (Fsp3) is 0.375. The van der Waals surface area contributed by atoms with Crippen LogP contribution in [0, 0.1) is 0 Å². The molecule has 0 atom stereocenters. The Bertz CT molecular complexity index is 293. The van der Waals surface area contributed by atoms with Crippen LogP contribution in [0.25, 0.3) is 0 Å². The lowest BCUT2D eigenvalue weighted by Gasteiger charge is -1.96. The number of carboxylic acid groups (broad SMARTS) is 1. The Hall–Kier alpha value is -1.03. The summed E-state index contributed by atoms with van der Waals surface area (Å²) in [7, 11) is 0. The third-order valence-corrected chi connectivity index (χ3v) is 2.85. The van der Waals surface area contributed by atoms with Gasteiger partial charge in [0, 0.05) is 10.6 Å². The van der Waals surface area contributed by atoms with Gasteiger partial charge in [-0.25, -0.2) is 0 Å². The molecule has 0 radical (unpaired) electrons. The lowest BCUT2D eigenvalue weighted by molar-refractivity contribution is -0.136. The van der Waals surface area contributed by atoms with Crippen molar-refractivity contribution in [3.63, 3.8) is 0 Å². The van der Waals surface area contributed by atoms with Gasteiger partial charge in [-0.1, -0.05) is 6.92 Å². The van der Waals surface area contributed by atoms with Gasteiger partial charge < -0.3 is 10.8 Å². The molecule has 0 saturated carbocycles. The molecule has 0 bridgehead atoms. The van der Waals surface area contributed by atoms with E-state index in [2.05, 4.69) is 0 Å². The number of carbonyl (C=O) groups is 1. The second-order valence-electron chi connectivity index (χ2n) is 2.52. The maximum Gasteiger partial charge on any atom is 0.307 e. The van der Waals surface area contributed by atoms with Crippen molar-refractivity contribution in [2.45, 2.75) is 19.8 Å². The van der Waals surface area contributed by atoms with Crippen molar-refractivity contribution in [2.24, 2.45) is 0 Å². The van der Waals surface area contributed by atoms with Crippen molar-refractivity contribution in [3.05, 3.63) is 15.8 Å². The highest BCUT2D eigenvalue weighted by Gasteiger charge is 2.09. The van der Waals surface area contributed by atoms with Crippen LogP contribution in [0.4, 0.5) is 5.69 Å². The van der Waals surface area contributed by atoms with Crippen LogP contribution >= 0.6 is 11.3 Å². The van der Waals surface area contributed by atoms with Crippen molar-refractivity contribution >= 4 is 23.0 Å². The van der Waals surface area contributed by atoms with Gasteiger partial charge in [0.25, 0.3) is 0 Å². The summed E-state index contributed by atoms with van der Waals surface area (Å²) in [6.07, 6.45) is 0.901. The molecule has 0 aliphatic heterocycles. The van der Waals surface area contributed by atoms with Gasteiger partial charge in [0.2, 0.25) is 0 Å². The molecule has 3 nitrogen and oxygen atoms in total. The van der Waals surface area contributed by atoms with Gasteiger partial charge in [-0.05, 0) is 17.4 Å². The van der Waals surface area contributed by atoms with E-state index in [1.54, 1.807) is 0 Å². The highest BCUT2D eigenvalue weighted by atomic mass is 32.1. The molecule has 1 rings (SSSR count). The molecular weight excluding hydrogens is 174 g/mol. The average molecular weight is 185 g/mol. The minimum absolute atomic E-state index is 0.0301. The summed E-state index contributed by atoms with van der Waals surface area (Å²) in [5.41, 5.74) is 7.11. The van der Waals surface area contributed by atoms with Crippen LogP contribution < -0.4 is 5.73 Å². The predicted octanol–water partition coefficient (Wildman–Crippen LogP) is 1.52. The topological polar surface area (TPSA) is 63.3 Å². The summed E-state index contributed by atoms with van der Waals surface area (Å²) >= 11 is 1.53. The molecule has 1 aromatic rings. The second-order valence-corrected chi connectivity index (χ2v) is 3.49. The normalized spacial score (nSPS) is 10.1. The van der Waals surface area contributed by atoms with E-state index in [0.717, 1.165) is 16.9 Å². The Morgan fingerprint density at radius 1 is 1.75 bits per heavy atom. The Morgan fingerprint density at radius 2 is 2.42 bits per heavy atom. The number of nitrogens with two attached hydrogens (primary N) is 1. The number of thiophene rings is 1. The van der Waals surface area contributed by atoms with Gasteiger partial charge in [0.1, 0.15) is 0 Å². The van der Waals surface area contributed by atoms with Crippen LogP contribution in [0.5, 0.6) is 0 Å². The van der Waals surface area contributed by atoms with Gasteiger partial charge in [0.05, 0.1) is 6.42 Å². The van der Waals surface area contributed by atoms with E-state index in [9.17, 15) is 4.79 Å². The van der Waals surface area contributed by atoms with E-state index < -0.39 is 5.97 Å². The van der Waals surface area contributed by atoms with Crippen LogP contribution in [0.15, 0.2) is 5.38 Å². The van der Waals surface area contributed by atoms with Crippen molar-refractivity contribution in [1.29, 1.82) is 0 Å². The zero-order valence-corrected chi connectivity index (χ0v) is 7.65. The zero-order valence-electron chi connectivity index (χ0n) is 6.83. The molecule has 0 unspecified atom stereocenters. The summed E-state index contributed by atoms with van der Waals surface area (Å²) < 4.78 is 0. The standard InChI is InChI=1S/C8H11NO2S/c1-2-6-8(9)5(4-12-6)3-7(10)11/h4H,2-3,9H2,1H3,(H,10,11). The minimum Gasteiger partial charge on any atom is -0.481 e. The van der Waals surface area contributed by atoms with Gasteiger partial charge in [-0.15, -0.1) is 11.3 Å². The Labute approximate surface area is 74.8 Å². The largest absolute Gasteiger partial charge is 0.481 e. The summed E-state index contributed by atoms with van der Waals surface area (Å²) in [5.74, 6) is -0.831. The first-order chi connectivity index (χ1) is 5.65. The third kappa shape index (κ3) is 1.76. The molecule has 0 saturated heterocycles. The van der Waals surface area contributed by atoms with Crippen LogP contribution in [0.2, 0.25) is 0 Å². The summed E-state index contributed by atoms with van der Waals surface area (Å²) in [5, 5.41) is 10.3. The van der Waals surface area contributed by atoms with Gasteiger partial charge >= 0.3 is 5.97 Å². The highest BCUT2D eigenvalue weighted by molar-refractivity contribution is 7.10. The number of nitrogen functional groups attached to an aromatic ring is 1. The van der Waals surface area contributed by atoms with E-state index in [-0.39, 0.29) is 6.42 Å². The first-order valence-electron chi connectivity index (χ1n) is 3.71. The summed E-state index contributed by atoms with van der Waals surface area (Å²) in [4.78, 5) is 11.4. The lowest BCUT2D eigenvalue weighted by atomic mass is 10.2. The maximum absolute atomic E-state index is 10.4. The number of anilines is 1. The minimum atomic E-state index is -0.831. The van der Waals surface area contributed by atoms with Crippen LogP contribution in [-0.4, -0.2) is 11.1 Å². The molecule has 0 aliphatic carbocycles. The first kappa shape index (κ1) is 9.06. The number of hydrogen-bond donors (Lipinski definition) is 2. The van der Waals surface area contributed by atoms with E-state index in [0.29, 0.717) is 5.69 Å². The van der Waals surface area contributed by atoms with E-state index in [1.807, 2.05) is 12.3 Å². The molecule has 12 heavy (non-hydrogen) atoms. The molecule has 0 fully saturated rings. The van der Waals surface area contributed by atoms with Crippen LogP contribution in [-0.2, 0) is 17.6 Å². The molecule has 0 aliphatic rings. The van der Waals surface area contributed by atoms with Crippen molar-refractivity contribution in [1.82, 2.24) is 0 Å². The Kier molecular flexibility index (Phi) is 2.70.